The van der Waals surface area contributed by atoms with Crippen LogP contribution in [0.3, 0.4) is 0 Å². The van der Waals surface area contributed by atoms with E-state index in [1.54, 1.807) is 43.3 Å². The van der Waals surface area contributed by atoms with Crippen LogP contribution in [0, 0.1) is 0 Å². The number of amides is 2. The van der Waals surface area contributed by atoms with Gasteiger partial charge in [0.15, 0.2) is 11.5 Å². The fraction of sp³-hybridized carbons (Fsp3) is 0.222. The normalized spacial score (nSPS) is 19.8. The van der Waals surface area contributed by atoms with Gasteiger partial charge in [0.1, 0.15) is 12.1 Å². The number of primary amides is 1. The molecule has 25 heavy (non-hydrogen) atoms. The number of hydrogen-bond donors (Lipinski definition) is 2. The van der Waals surface area contributed by atoms with Crippen molar-refractivity contribution in [2.45, 2.75) is 25.2 Å². The number of rotatable bonds is 4. The van der Waals surface area contributed by atoms with Gasteiger partial charge in [0.2, 0.25) is 12.0 Å². The van der Waals surface area contributed by atoms with E-state index in [-0.39, 0.29) is 0 Å². The van der Waals surface area contributed by atoms with Crippen molar-refractivity contribution in [2.24, 2.45) is 5.73 Å². The van der Waals surface area contributed by atoms with Gasteiger partial charge in [0, 0.05) is 4.47 Å². The Morgan fingerprint density at radius 1 is 1.12 bits per heavy atom. The number of nitrogens with one attached hydrogen (secondary N) is 1. The summed E-state index contributed by atoms with van der Waals surface area (Å²) in [5.74, 6) is -0.0571. The molecule has 3 atom stereocenters. The van der Waals surface area contributed by atoms with E-state index in [2.05, 4.69) is 21.2 Å². The number of benzene rings is 2. The smallest absolute Gasteiger partial charge is 0.265 e. The highest BCUT2D eigenvalue weighted by atomic mass is 79.9. The first-order valence-electron chi connectivity index (χ1n) is 7.73. The Bertz CT molecular complexity index is 811. The first-order chi connectivity index (χ1) is 12.0. The average molecular weight is 405 g/mol. The van der Waals surface area contributed by atoms with Crippen LogP contribution in [-0.4, -0.2) is 24.0 Å². The second-order valence-electron chi connectivity index (χ2n) is 5.71. The second-order valence-corrected chi connectivity index (χ2v) is 6.62. The van der Waals surface area contributed by atoms with Gasteiger partial charge < -0.3 is 20.5 Å². The van der Waals surface area contributed by atoms with Gasteiger partial charge in [-0.05, 0) is 36.8 Å². The molecule has 1 heterocycles. The van der Waals surface area contributed by atoms with E-state index < -0.39 is 30.1 Å². The zero-order chi connectivity index (χ0) is 18.0. The third-order valence-electron chi connectivity index (χ3n) is 3.85. The largest absolute Gasteiger partial charge is 0.482 e. The molecule has 1 aliphatic rings. The molecule has 0 spiro atoms. The topological polar surface area (TPSA) is 90.7 Å². The summed E-state index contributed by atoms with van der Waals surface area (Å²) >= 11 is 3.34. The van der Waals surface area contributed by atoms with Gasteiger partial charge in [-0.3, -0.25) is 9.59 Å². The van der Waals surface area contributed by atoms with Crippen LogP contribution in [-0.2, 0) is 9.59 Å². The van der Waals surface area contributed by atoms with Crippen LogP contribution in [0.4, 0.5) is 0 Å². The zero-order valence-corrected chi connectivity index (χ0v) is 15.0. The minimum Gasteiger partial charge on any atom is -0.482 e. The molecule has 2 amide bonds. The third kappa shape index (κ3) is 3.76. The maximum absolute atomic E-state index is 12.7. The first kappa shape index (κ1) is 17.3. The second kappa shape index (κ2) is 7.14. The van der Waals surface area contributed by atoms with Crippen LogP contribution in [0.15, 0.2) is 53.0 Å². The van der Waals surface area contributed by atoms with Gasteiger partial charge >= 0.3 is 0 Å². The minimum absolute atomic E-state index is 0.467. The van der Waals surface area contributed by atoms with Crippen LogP contribution in [0.1, 0.15) is 18.5 Å². The van der Waals surface area contributed by atoms with E-state index >= 15 is 0 Å². The summed E-state index contributed by atoms with van der Waals surface area (Å²) in [6, 6.07) is 13.2. The molecule has 0 saturated heterocycles. The molecule has 0 aromatic heterocycles. The lowest BCUT2D eigenvalue weighted by atomic mass is 10.1. The first-order valence-corrected chi connectivity index (χ1v) is 8.52. The Morgan fingerprint density at radius 2 is 1.80 bits per heavy atom. The van der Waals surface area contributed by atoms with Gasteiger partial charge in [0.25, 0.3) is 5.91 Å². The van der Waals surface area contributed by atoms with Crippen LogP contribution >= 0.6 is 15.9 Å². The van der Waals surface area contributed by atoms with Gasteiger partial charge in [-0.25, -0.2) is 0 Å². The number of nitrogens with two attached hydrogens (primary N) is 1. The fourth-order valence-electron chi connectivity index (χ4n) is 2.64. The number of hydrogen-bond acceptors (Lipinski definition) is 4. The van der Waals surface area contributed by atoms with Gasteiger partial charge in [0.05, 0.1) is 0 Å². The SMILES string of the molecule is CC1Oc2ccccc2OC1C(=O)NC(C(N)=O)c1cccc(Br)c1. The van der Waals surface area contributed by atoms with Crippen LogP contribution < -0.4 is 20.5 Å². The van der Waals surface area contributed by atoms with Gasteiger partial charge in [-0.15, -0.1) is 0 Å². The summed E-state index contributed by atoms with van der Waals surface area (Å²) in [7, 11) is 0. The molecule has 0 bridgehead atoms. The monoisotopic (exact) mass is 404 g/mol. The summed E-state index contributed by atoms with van der Waals surface area (Å²) in [6.07, 6.45) is -1.39. The van der Waals surface area contributed by atoms with Crippen LogP contribution in [0.2, 0.25) is 0 Å². The number of fused-ring (bicyclic) bond motifs is 1. The third-order valence-corrected chi connectivity index (χ3v) is 4.35. The molecule has 1 aliphatic heterocycles. The van der Waals surface area contributed by atoms with E-state index in [1.165, 1.54) is 0 Å². The number of ether oxygens (including phenoxy) is 2. The maximum Gasteiger partial charge on any atom is 0.265 e. The van der Waals surface area contributed by atoms with E-state index in [1.807, 2.05) is 12.1 Å². The van der Waals surface area contributed by atoms with Crippen molar-refractivity contribution >= 4 is 27.7 Å². The van der Waals surface area contributed by atoms with E-state index in [4.69, 9.17) is 15.2 Å². The Labute approximate surface area is 153 Å². The van der Waals surface area contributed by atoms with Crippen LogP contribution in [0.5, 0.6) is 11.5 Å². The standard InChI is InChI=1S/C18H17BrN2O4/c1-10-16(25-14-8-3-2-7-13(14)24-10)18(23)21-15(17(20)22)11-5-4-6-12(19)9-11/h2-10,15-16H,1H3,(H2,20,22)(H,21,23). The maximum atomic E-state index is 12.7. The molecule has 3 rings (SSSR count). The molecule has 7 heteroatoms. The summed E-state index contributed by atoms with van der Waals surface area (Å²) < 4.78 is 12.3. The molecule has 2 aromatic carbocycles. The summed E-state index contributed by atoms with van der Waals surface area (Å²) in [5.41, 5.74) is 6.05. The zero-order valence-electron chi connectivity index (χ0n) is 13.4. The average Bonchev–Trinajstić information content (AvgIpc) is 2.58. The van der Waals surface area contributed by atoms with Crippen molar-refractivity contribution in [1.29, 1.82) is 0 Å². The molecular formula is C18H17BrN2O4. The van der Waals surface area contributed by atoms with Crippen molar-refractivity contribution in [3.8, 4) is 11.5 Å². The lowest BCUT2D eigenvalue weighted by molar-refractivity contribution is -0.136. The quantitative estimate of drug-likeness (QED) is 0.817. The van der Waals surface area contributed by atoms with Crippen molar-refractivity contribution in [3.05, 3.63) is 58.6 Å². The molecule has 0 radical (unpaired) electrons. The molecule has 0 fully saturated rings. The molecule has 3 unspecified atom stereocenters. The number of halogens is 1. The minimum atomic E-state index is -0.960. The van der Waals surface area contributed by atoms with Gasteiger partial charge in [-0.1, -0.05) is 40.2 Å². The molecular weight excluding hydrogens is 388 g/mol. The van der Waals surface area contributed by atoms with Crippen LogP contribution in [0.25, 0.3) is 0 Å². The fourth-order valence-corrected chi connectivity index (χ4v) is 3.05. The van der Waals surface area contributed by atoms with E-state index in [9.17, 15) is 9.59 Å². The molecule has 3 N–H and O–H groups in total. The molecule has 2 aromatic rings. The molecule has 6 nitrogen and oxygen atoms in total. The number of para-hydroxylation sites is 2. The molecule has 130 valence electrons. The van der Waals surface area contributed by atoms with Crippen molar-refractivity contribution in [1.82, 2.24) is 5.32 Å². The Kier molecular flexibility index (Phi) is 4.94. The van der Waals surface area contributed by atoms with Crippen molar-refractivity contribution in [2.75, 3.05) is 0 Å². The van der Waals surface area contributed by atoms with Gasteiger partial charge in [-0.2, -0.15) is 0 Å². The predicted octanol–water partition coefficient (Wildman–Crippen LogP) is 2.32. The Hall–Kier alpha value is -2.54. The lowest BCUT2D eigenvalue weighted by Gasteiger charge is -2.31. The Balaban J connectivity index is 1.79. The molecule has 0 aliphatic carbocycles. The van der Waals surface area contributed by atoms with Crippen molar-refractivity contribution < 1.29 is 19.1 Å². The van der Waals surface area contributed by atoms with E-state index in [0.717, 1.165) is 4.47 Å². The highest BCUT2D eigenvalue weighted by Gasteiger charge is 2.36. The summed E-state index contributed by atoms with van der Waals surface area (Å²) in [4.78, 5) is 24.5. The highest BCUT2D eigenvalue weighted by molar-refractivity contribution is 9.10. The highest BCUT2D eigenvalue weighted by Crippen LogP contribution is 2.33. The summed E-state index contributed by atoms with van der Waals surface area (Å²) in [6.45, 7) is 1.73. The number of carbonyl (C=O) groups excluding carboxylic acids is 2. The Morgan fingerprint density at radius 3 is 2.44 bits per heavy atom. The van der Waals surface area contributed by atoms with Crippen molar-refractivity contribution in [3.63, 3.8) is 0 Å². The molecule has 0 saturated carbocycles. The van der Waals surface area contributed by atoms with E-state index in [0.29, 0.717) is 17.1 Å². The lowest BCUT2D eigenvalue weighted by Crippen LogP contribution is -2.51. The summed E-state index contributed by atoms with van der Waals surface area (Å²) in [5, 5.41) is 2.65. The number of carbonyl (C=O) groups is 2. The predicted molar refractivity (Wildman–Crippen MR) is 95.2 cm³/mol.